The number of thiazole rings is 1. The number of rotatable bonds is 1. The van der Waals surface area contributed by atoms with E-state index in [0.717, 1.165) is 10.7 Å². The van der Waals surface area contributed by atoms with Crippen LogP contribution in [0.25, 0.3) is 4.83 Å². The standard InChI is InChI=1S/C7H9N3S/c1-5(8)7-9-4-6-10(7)2-3-11-6/h2-5H,8H2,1H3/t5-/m1/s1. The van der Waals surface area contributed by atoms with Crippen molar-refractivity contribution in [2.75, 3.05) is 0 Å². The highest BCUT2D eigenvalue weighted by Crippen LogP contribution is 2.16. The molecule has 0 saturated carbocycles. The molecule has 0 fully saturated rings. The molecule has 2 N–H and O–H groups in total. The van der Waals surface area contributed by atoms with Gasteiger partial charge in [0.05, 0.1) is 12.2 Å². The molecule has 0 aliphatic carbocycles. The van der Waals surface area contributed by atoms with Crippen molar-refractivity contribution < 1.29 is 0 Å². The molecule has 2 aromatic heterocycles. The fourth-order valence-corrected chi connectivity index (χ4v) is 1.80. The molecule has 0 bridgehead atoms. The number of imidazole rings is 1. The molecule has 2 heterocycles. The van der Waals surface area contributed by atoms with Gasteiger partial charge in [-0.1, -0.05) is 0 Å². The van der Waals surface area contributed by atoms with Gasteiger partial charge >= 0.3 is 0 Å². The zero-order chi connectivity index (χ0) is 7.84. The Kier molecular flexibility index (Phi) is 1.44. The van der Waals surface area contributed by atoms with Gasteiger partial charge in [0, 0.05) is 11.6 Å². The Morgan fingerprint density at radius 2 is 2.55 bits per heavy atom. The quantitative estimate of drug-likeness (QED) is 0.698. The first kappa shape index (κ1) is 6.82. The number of nitrogens with zero attached hydrogens (tertiary/aromatic N) is 2. The number of hydrogen-bond donors (Lipinski definition) is 1. The zero-order valence-electron chi connectivity index (χ0n) is 6.19. The summed E-state index contributed by atoms with van der Waals surface area (Å²) in [5, 5.41) is 2.03. The van der Waals surface area contributed by atoms with Crippen LogP contribution in [0.2, 0.25) is 0 Å². The Balaban J connectivity index is 2.68. The van der Waals surface area contributed by atoms with Crippen molar-refractivity contribution in [2.45, 2.75) is 13.0 Å². The molecule has 0 aromatic carbocycles. The molecule has 2 rings (SSSR count). The van der Waals surface area contributed by atoms with Gasteiger partial charge in [-0.05, 0) is 6.92 Å². The van der Waals surface area contributed by atoms with E-state index in [1.807, 2.05) is 29.1 Å². The third kappa shape index (κ3) is 0.948. The molecule has 11 heavy (non-hydrogen) atoms. The summed E-state index contributed by atoms with van der Waals surface area (Å²) in [5.74, 6) is 0.932. The highest BCUT2D eigenvalue weighted by molar-refractivity contribution is 7.15. The highest BCUT2D eigenvalue weighted by Gasteiger charge is 2.06. The minimum absolute atomic E-state index is 0.00657. The molecule has 0 unspecified atom stereocenters. The first-order chi connectivity index (χ1) is 5.29. The predicted octanol–water partition coefficient (Wildman–Crippen LogP) is 1.42. The van der Waals surface area contributed by atoms with Crippen LogP contribution in [0.5, 0.6) is 0 Å². The molecular formula is C7H9N3S. The monoisotopic (exact) mass is 167 g/mol. The largest absolute Gasteiger partial charge is 0.322 e. The fourth-order valence-electron chi connectivity index (χ4n) is 1.09. The minimum atomic E-state index is 0.00657. The van der Waals surface area contributed by atoms with E-state index < -0.39 is 0 Å². The van der Waals surface area contributed by atoms with Gasteiger partial charge in [-0.15, -0.1) is 11.3 Å². The molecule has 2 aromatic rings. The second-order valence-electron chi connectivity index (χ2n) is 2.52. The summed E-state index contributed by atoms with van der Waals surface area (Å²) < 4.78 is 2.02. The first-order valence-electron chi connectivity index (χ1n) is 3.45. The van der Waals surface area contributed by atoms with E-state index in [1.165, 1.54) is 0 Å². The van der Waals surface area contributed by atoms with Crippen molar-refractivity contribution >= 4 is 16.2 Å². The topological polar surface area (TPSA) is 43.3 Å². The van der Waals surface area contributed by atoms with E-state index >= 15 is 0 Å². The second kappa shape index (κ2) is 2.32. The Morgan fingerprint density at radius 3 is 3.27 bits per heavy atom. The van der Waals surface area contributed by atoms with Gasteiger partial charge in [-0.3, -0.25) is 4.40 Å². The van der Waals surface area contributed by atoms with Crippen LogP contribution in [0.4, 0.5) is 0 Å². The smallest absolute Gasteiger partial charge is 0.130 e. The van der Waals surface area contributed by atoms with Crippen LogP contribution in [-0.2, 0) is 0 Å². The molecule has 58 valence electrons. The van der Waals surface area contributed by atoms with Gasteiger partial charge in [-0.2, -0.15) is 0 Å². The third-order valence-corrected chi connectivity index (χ3v) is 2.40. The molecule has 0 amide bonds. The number of fused-ring (bicyclic) bond motifs is 1. The molecule has 1 atom stereocenters. The maximum absolute atomic E-state index is 5.70. The Hall–Kier alpha value is -0.870. The van der Waals surface area contributed by atoms with Gasteiger partial charge in [0.1, 0.15) is 10.7 Å². The molecule has 3 nitrogen and oxygen atoms in total. The van der Waals surface area contributed by atoms with Crippen molar-refractivity contribution in [3.63, 3.8) is 0 Å². The van der Waals surface area contributed by atoms with Crippen LogP contribution in [-0.4, -0.2) is 9.38 Å². The van der Waals surface area contributed by atoms with Gasteiger partial charge in [0.25, 0.3) is 0 Å². The summed E-state index contributed by atoms with van der Waals surface area (Å²) in [4.78, 5) is 5.35. The summed E-state index contributed by atoms with van der Waals surface area (Å²) in [6.45, 7) is 1.94. The summed E-state index contributed by atoms with van der Waals surface area (Å²) in [6.07, 6.45) is 3.84. The first-order valence-corrected chi connectivity index (χ1v) is 4.33. The molecule has 0 radical (unpaired) electrons. The van der Waals surface area contributed by atoms with E-state index in [1.54, 1.807) is 11.3 Å². The van der Waals surface area contributed by atoms with Crippen molar-refractivity contribution in [2.24, 2.45) is 5.73 Å². The van der Waals surface area contributed by atoms with Gasteiger partial charge in [0.15, 0.2) is 0 Å². The van der Waals surface area contributed by atoms with E-state index in [0.29, 0.717) is 0 Å². The SMILES string of the molecule is C[C@@H](N)c1ncc2sccn12. The summed E-state index contributed by atoms with van der Waals surface area (Å²) in [5.41, 5.74) is 5.70. The van der Waals surface area contributed by atoms with Gasteiger partial charge in [0.2, 0.25) is 0 Å². The van der Waals surface area contributed by atoms with Crippen molar-refractivity contribution in [1.82, 2.24) is 9.38 Å². The predicted molar refractivity (Wildman–Crippen MR) is 45.7 cm³/mol. The lowest BCUT2D eigenvalue weighted by atomic mass is 10.3. The molecule has 0 aliphatic heterocycles. The van der Waals surface area contributed by atoms with E-state index in [2.05, 4.69) is 4.98 Å². The third-order valence-electron chi connectivity index (χ3n) is 1.60. The van der Waals surface area contributed by atoms with E-state index in [4.69, 9.17) is 5.73 Å². The lowest BCUT2D eigenvalue weighted by molar-refractivity contribution is 0.737. The summed E-state index contributed by atoms with van der Waals surface area (Å²) in [7, 11) is 0. The summed E-state index contributed by atoms with van der Waals surface area (Å²) >= 11 is 1.67. The van der Waals surface area contributed by atoms with Gasteiger partial charge in [-0.25, -0.2) is 4.98 Å². The number of nitrogens with two attached hydrogens (primary N) is 1. The highest BCUT2D eigenvalue weighted by atomic mass is 32.1. The fraction of sp³-hybridized carbons (Fsp3) is 0.286. The van der Waals surface area contributed by atoms with Crippen LogP contribution >= 0.6 is 11.3 Å². The van der Waals surface area contributed by atoms with Crippen LogP contribution in [0.15, 0.2) is 17.8 Å². The number of aromatic nitrogens is 2. The molecule has 0 spiro atoms. The minimum Gasteiger partial charge on any atom is -0.322 e. The Labute approximate surface area is 68.5 Å². The van der Waals surface area contributed by atoms with Crippen LogP contribution in [0.3, 0.4) is 0 Å². The van der Waals surface area contributed by atoms with Crippen molar-refractivity contribution in [3.05, 3.63) is 23.6 Å². The van der Waals surface area contributed by atoms with Crippen molar-refractivity contribution in [3.8, 4) is 0 Å². The molecular weight excluding hydrogens is 158 g/mol. The lowest BCUT2D eigenvalue weighted by Gasteiger charge is -1.99. The maximum atomic E-state index is 5.70. The average molecular weight is 167 g/mol. The second-order valence-corrected chi connectivity index (χ2v) is 3.44. The number of hydrogen-bond acceptors (Lipinski definition) is 3. The van der Waals surface area contributed by atoms with Crippen LogP contribution in [0.1, 0.15) is 18.8 Å². The maximum Gasteiger partial charge on any atom is 0.130 e. The van der Waals surface area contributed by atoms with E-state index in [-0.39, 0.29) is 6.04 Å². The summed E-state index contributed by atoms with van der Waals surface area (Å²) in [6, 6.07) is 0.00657. The zero-order valence-corrected chi connectivity index (χ0v) is 7.01. The molecule has 0 aliphatic rings. The van der Waals surface area contributed by atoms with Crippen LogP contribution in [0, 0.1) is 0 Å². The van der Waals surface area contributed by atoms with Gasteiger partial charge < -0.3 is 5.73 Å². The normalized spacial score (nSPS) is 14.0. The van der Waals surface area contributed by atoms with E-state index in [9.17, 15) is 0 Å². The molecule has 4 heteroatoms. The Morgan fingerprint density at radius 1 is 1.73 bits per heavy atom. The van der Waals surface area contributed by atoms with Crippen molar-refractivity contribution in [1.29, 1.82) is 0 Å². The van der Waals surface area contributed by atoms with Crippen LogP contribution < -0.4 is 5.73 Å². The average Bonchev–Trinajstić information content (AvgIpc) is 2.41. The Bertz CT molecular complexity index is 360. The molecule has 0 saturated heterocycles. The lowest BCUT2D eigenvalue weighted by Crippen LogP contribution is -2.08.